The number of benzene rings is 1. The summed E-state index contributed by atoms with van der Waals surface area (Å²) in [5.74, 6) is 0.813. The van der Waals surface area contributed by atoms with Gasteiger partial charge in [0.1, 0.15) is 17.2 Å². The van der Waals surface area contributed by atoms with Crippen molar-refractivity contribution in [2.75, 3.05) is 0 Å². The first-order chi connectivity index (χ1) is 10.0. The molecule has 0 saturated carbocycles. The number of non-ortho nitro benzene ring substituents is 1. The Morgan fingerprint density at radius 3 is 2.71 bits per heavy atom. The molecule has 2 rings (SSSR count). The van der Waals surface area contributed by atoms with Crippen LogP contribution in [-0.4, -0.2) is 21.0 Å². The number of ether oxygens (including phenoxy) is 1. The maximum Gasteiger partial charge on any atom is 0.269 e. The molecule has 0 saturated heterocycles. The second-order valence-electron chi connectivity index (χ2n) is 4.17. The smallest absolute Gasteiger partial charge is 0.269 e. The predicted molar refractivity (Wildman–Crippen MR) is 74.7 cm³/mol. The normalized spacial score (nSPS) is 11.2. The third kappa shape index (κ3) is 3.24. The Balaban J connectivity index is 2.20. The van der Waals surface area contributed by atoms with Crippen LogP contribution in [0.25, 0.3) is 0 Å². The molecule has 0 spiro atoms. The van der Waals surface area contributed by atoms with Gasteiger partial charge in [-0.25, -0.2) is 4.98 Å². The van der Waals surface area contributed by atoms with Gasteiger partial charge in [-0.2, -0.15) is 0 Å². The molecule has 0 fully saturated rings. The molecule has 1 heterocycles. The van der Waals surface area contributed by atoms with Gasteiger partial charge < -0.3 is 15.7 Å². The second kappa shape index (κ2) is 5.87. The molecule has 0 aliphatic rings. The molecule has 1 aromatic heterocycles. The summed E-state index contributed by atoms with van der Waals surface area (Å²) in [6, 6.07) is 7.44. The summed E-state index contributed by atoms with van der Waals surface area (Å²) >= 11 is 0. The maximum atomic E-state index is 10.7. The van der Waals surface area contributed by atoms with Crippen molar-refractivity contribution in [1.82, 2.24) is 4.98 Å². The molecule has 21 heavy (non-hydrogen) atoms. The monoisotopic (exact) mass is 288 g/mol. The Morgan fingerprint density at radius 2 is 2.19 bits per heavy atom. The molecule has 0 amide bonds. The molecule has 2 aromatic rings. The minimum absolute atomic E-state index is 0.000235. The van der Waals surface area contributed by atoms with E-state index in [0.29, 0.717) is 22.8 Å². The third-order valence-electron chi connectivity index (χ3n) is 2.70. The Morgan fingerprint density at radius 1 is 1.43 bits per heavy atom. The highest BCUT2D eigenvalue weighted by Crippen LogP contribution is 2.27. The molecule has 0 radical (unpaired) electrons. The molecule has 1 aromatic carbocycles. The second-order valence-corrected chi connectivity index (χ2v) is 4.17. The van der Waals surface area contributed by atoms with Crippen LogP contribution in [0.3, 0.4) is 0 Å². The van der Waals surface area contributed by atoms with Crippen LogP contribution in [0.2, 0.25) is 0 Å². The predicted octanol–water partition coefficient (Wildman–Crippen LogP) is 2.19. The average molecular weight is 288 g/mol. The van der Waals surface area contributed by atoms with E-state index >= 15 is 0 Å². The lowest BCUT2D eigenvalue weighted by atomic mass is 10.2. The third-order valence-corrected chi connectivity index (χ3v) is 2.70. The highest BCUT2D eigenvalue weighted by Gasteiger charge is 2.10. The van der Waals surface area contributed by atoms with Crippen LogP contribution in [0.5, 0.6) is 11.5 Å². The minimum Gasteiger partial charge on any atom is -0.455 e. The van der Waals surface area contributed by atoms with Crippen molar-refractivity contribution in [1.29, 1.82) is 0 Å². The van der Waals surface area contributed by atoms with Crippen LogP contribution in [0.15, 0.2) is 41.7 Å². The lowest BCUT2D eigenvalue weighted by molar-refractivity contribution is -0.384. The molecule has 3 N–H and O–H groups in total. The Bertz CT molecular complexity index is 698. The molecular weight excluding hydrogens is 276 g/mol. The van der Waals surface area contributed by atoms with E-state index in [9.17, 15) is 10.1 Å². The average Bonchev–Trinajstić information content (AvgIpc) is 2.49. The summed E-state index contributed by atoms with van der Waals surface area (Å²) < 4.78 is 5.58. The highest BCUT2D eigenvalue weighted by molar-refractivity contribution is 5.95. The van der Waals surface area contributed by atoms with E-state index < -0.39 is 4.92 Å². The summed E-state index contributed by atoms with van der Waals surface area (Å²) in [7, 11) is 0. The maximum absolute atomic E-state index is 10.7. The number of rotatable bonds is 4. The van der Waals surface area contributed by atoms with Crippen LogP contribution >= 0.6 is 0 Å². The van der Waals surface area contributed by atoms with E-state index in [-0.39, 0.29) is 11.5 Å². The number of nitro benzene ring substituents is 1. The van der Waals surface area contributed by atoms with Crippen molar-refractivity contribution in [3.05, 3.63) is 57.9 Å². The standard InChI is InChI=1S/C13H12N4O4/c1-8-6-9(17(19)20)2-5-12(8)21-10-3-4-11(15-7-10)13(14)16-18/h2-7,18H,1H3,(H2,14,16). The fourth-order valence-corrected chi connectivity index (χ4v) is 1.63. The highest BCUT2D eigenvalue weighted by atomic mass is 16.6. The number of hydrogen-bond acceptors (Lipinski definition) is 6. The number of aromatic nitrogens is 1. The number of pyridine rings is 1. The van der Waals surface area contributed by atoms with Crippen molar-refractivity contribution in [3.8, 4) is 11.5 Å². The number of hydrogen-bond donors (Lipinski definition) is 2. The number of aryl methyl sites for hydroxylation is 1. The van der Waals surface area contributed by atoms with Gasteiger partial charge in [-0.05, 0) is 30.7 Å². The first-order valence-electron chi connectivity index (χ1n) is 5.88. The Kier molecular flexibility index (Phi) is 3.98. The van der Waals surface area contributed by atoms with Gasteiger partial charge in [0.15, 0.2) is 5.84 Å². The molecule has 8 heteroatoms. The quantitative estimate of drug-likeness (QED) is 0.292. The van der Waals surface area contributed by atoms with Crippen molar-refractivity contribution >= 4 is 11.5 Å². The van der Waals surface area contributed by atoms with E-state index in [2.05, 4.69) is 10.1 Å². The van der Waals surface area contributed by atoms with Gasteiger partial charge >= 0.3 is 0 Å². The SMILES string of the molecule is Cc1cc([N+](=O)[O-])ccc1Oc1ccc(/C(N)=N/O)nc1. The molecule has 108 valence electrons. The number of nitro groups is 1. The Labute approximate surface area is 119 Å². The number of nitrogens with zero attached hydrogens (tertiary/aromatic N) is 3. The topological polar surface area (TPSA) is 124 Å². The zero-order chi connectivity index (χ0) is 15.4. The van der Waals surface area contributed by atoms with Gasteiger partial charge in [-0.1, -0.05) is 5.16 Å². The summed E-state index contributed by atoms with van der Waals surface area (Å²) in [5, 5.41) is 22.0. The van der Waals surface area contributed by atoms with Crippen LogP contribution < -0.4 is 10.5 Å². The van der Waals surface area contributed by atoms with E-state index in [4.69, 9.17) is 15.7 Å². The number of amidine groups is 1. The van der Waals surface area contributed by atoms with Crippen LogP contribution in [0.1, 0.15) is 11.3 Å². The summed E-state index contributed by atoms with van der Waals surface area (Å²) in [6.45, 7) is 1.71. The van der Waals surface area contributed by atoms with Crippen molar-refractivity contribution in [3.63, 3.8) is 0 Å². The molecule has 0 aliphatic heterocycles. The van der Waals surface area contributed by atoms with Crippen molar-refractivity contribution < 1.29 is 14.9 Å². The molecule has 0 aliphatic carbocycles. The number of oxime groups is 1. The van der Waals surface area contributed by atoms with Gasteiger partial charge in [0.05, 0.1) is 11.1 Å². The summed E-state index contributed by atoms with van der Waals surface area (Å²) in [4.78, 5) is 14.2. The fourth-order valence-electron chi connectivity index (χ4n) is 1.63. The lowest BCUT2D eigenvalue weighted by Crippen LogP contribution is -2.14. The molecule has 0 unspecified atom stereocenters. The molecule has 0 atom stereocenters. The largest absolute Gasteiger partial charge is 0.455 e. The van der Waals surface area contributed by atoms with Gasteiger partial charge in [-0.3, -0.25) is 10.1 Å². The molecular formula is C13H12N4O4. The summed E-state index contributed by atoms with van der Waals surface area (Å²) in [5.41, 5.74) is 6.34. The van der Waals surface area contributed by atoms with Crippen LogP contribution in [0, 0.1) is 17.0 Å². The molecule has 8 nitrogen and oxygen atoms in total. The van der Waals surface area contributed by atoms with E-state index in [1.54, 1.807) is 13.0 Å². The zero-order valence-electron chi connectivity index (χ0n) is 11.1. The first-order valence-corrected chi connectivity index (χ1v) is 5.88. The van der Waals surface area contributed by atoms with Gasteiger partial charge in [0, 0.05) is 12.1 Å². The Hall–Kier alpha value is -3.16. The zero-order valence-corrected chi connectivity index (χ0v) is 11.1. The van der Waals surface area contributed by atoms with Crippen LogP contribution in [-0.2, 0) is 0 Å². The van der Waals surface area contributed by atoms with Gasteiger partial charge in [-0.15, -0.1) is 0 Å². The number of nitrogens with two attached hydrogens (primary N) is 1. The summed E-state index contributed by atoms with van der Waals surface area (Å²) in [6.07, 6.45) is 1.41. The van der Waals surface area contributed by atoms with Crippen LogP contribution in [0.4, 0.5) is 5.69 Å². The van der Waals surface area contributed by atoms with Gasteiger partial charge in [0.2, 0.25) is 0 Å². The van der Waals surface area contributed by atoms with Crippen molar-refractivity contribution in [2.45, 2.75) is 6.92 Å². The van der Waals surface area contributed by atoms with E-state index in [0.717, 1.165) is 0 Å². The minimum atomic E-state index is -0.468. The van der Waals surface area contributed by atoms with E-state index in [1.165, 1.54) is 30.5 Å². The van der Waals surface area contributed by atoms with Gasteiger partial charge in [0.25, 0.3) is 5.69 Å². The fraction of sp³-hybridized carbons (Fsp3) is 0.0769. The first kappa shape index (κ1) is 14.3. The lowest BCUT2D eigenvalue weighted by Gasteiger charge is -2.08. The molecule has 0 bridgehead atoms. The van der Waals surface area contributed by atoms with E-state index in [1.807, 2.05) is 0 Å². The van der Waals surface area contributed by atoms with Crippen molar-refractivity contribution in [2.24, 2.45) is 10.9 Å².